The lowest BCUT2D eigenvalue weighted by Crippen LogP contribution is -2.33. The summed E-state index contributed by atoms with van der Waals surface area (Å²) in [4.78, 5) is 16.6. The number of nitrogens with one attached hydrogen (secondary N) is 1. The minimum Gasteiger partial charge on any atom is -0.351 e. The minimum atomic E-state index is -0.278. The van der Waals surface area contributed by atoms with Gasteiger partial charge in [-0.15, -0.1) is 11.3 Å². The van der Waals surface area contributed by atoms with Gasteiger partial charge in [-0.05, 0) is 76.2 Å². The molecule has 5 nitrogen and oxygen atoms in total. The Morgan fingerprint density at radius 1 is 1.21 bits per heavy atom. The molecule has 1 saturated heterocycles. The molecular formula is C21H25FN4OS. The maximum absolute atomic E-state index is 13.2. The first-order valence-corrected chi connectivity index (χ1v) is 10.7. The van der Waals surface area contributed by atoms with Crippen molar-refractivity contribution in [2.45, 2.75) is 32.6 Å². The van der Waals surface area contributed by atoms with Crippen LogP contribution in [0.15, 0.2) is 30.3 Å². The highest BCUT2D eigenvalue weighted by Crippen LogP contribution is 2.30. The molecule has 1 aliphatic heterocycles. The van der Waals surface area contributed by atoms with Gasteiger partial charge < -0.3 is 10.2 Å². The molecule has 0 aliphatic carbocycles. The van der Waals surface area contributed by atoms with Crippen molar-refractivity contribution in [2.75, 3.05) is 26.2 Å². The second-order valence-electron chi connectivity index (χ2n) is 7.31. The van der Waals surface area contributed by atoms with Crippen LogP contribution in [-0.4, -0.2) is 46.8 Å². The molecule has 1 fully saturated rings. The number of rotatable bonds is 6. The van der Waals surface area contributed by atoms with Gasteiger partial charge in [0.1, 0.15) is 10.6 Å². The van der Waals surface area contributed by atoms with Gasteiger partial charge in [0.15, 0.2) is 0 Å². The third-order valence-electron chi connectivity index (χ3n) is 5.22. The van der Waals surface area contributed by atoms with Gasteiger partial charge in [-0.1, -0.05) is 6.42 Å². The standard InChI is InChI=1S/C21H25FN4OS/c1-15-18-14-19(20(27)23-10-5-13-25-11-3-2-4-12-25)28-21(18)26(24-15)17-8-6-16(22)7-9-17/h6-9,14H,2-5,10-13H2,1H3,(H,23,27). The summed E-state index contributed by atoms with van der Waals surface area (Å²) in [6.45, 7) is 6.03. The predicted octanol–water partition coefficient (Wildman–Crippen LogP) is 4.14. The Morgan fingerprint density at radius 3 is 2.71 bits per heavy atom. The molecule has 0 atom stereocenters. The number of thiophene rings is 1. The van der Waals surface area contributed by atoms with Gasteiger partial charge in [-0.3, -0.25) is 4.79 Å². The second kappa shape index (κ2) is 8.41. The number of carbonyl (C=O) groups is 1. The van der Waals surface area contributed by atoms with Crippen LogP contribution in [-0.2, 0) is 0 Å². The van der Waals surface area contributed by atoms with Gasteiger partial charge in [0.2, 0.25) is 0 Å². The molecule has 2 aromatic heterocycles. The zero-order chi connectivity index (χ0) is 19.5. The van der Waals surface area contributed by atoms with Crippen molar-refractivity contribution >= 4 is 27.5 Å². The van der Waals surface area contributed by atoms with E-state index in [0.717, 1.165) is 34.6 Å². The normalized spacial score (nSPS) is 15.2. The molecule has 0 unspecified atom stereocenters. The molecule has 4 rings (SSSR count). The van der Waals surface area contributed by atoms with Crippen LogP contribution in [0.1, 0.15) is 41.0 Å². The fourth-order valence-electron chi connectivity index (χ4n) is 3.69. The lowest BCUT2D eigenvalue weighted by atomic mass is 10.1. The number of halogens is 1. The number of piperidine rings is 1. The Bertz CT molecular complexity index is 957. The van der Waals surface area contributed by atoms with E-state index in [4.69, 9.17) is 0 Å². The summed E-state index contributed by atoms with van der Waals surface area (Å²) in [6.07, 6.45) is 4.89. The number of carbonyl (C=O) groups excluding carboxylic acids is 1. The number of likely N-dealkylation sites (tertiary alicyclic amines) is 1. The Balaban J connectivity index is 1.41. The monoisotopic (exact) mass is 400 g/mol. The Morgan fingerprint density at radius 2 is 1.96 bits per heavy atom. The van der Waals surface area contributed by atoms with E-state index in [9.17, 15) is 9.18 Å². The molecule has 3 aromatic rings. The first-order valence-electron chi connectivity index (χ1n) is 9.87. The first kappa shape index (κ1) is 19.1. The van der Waals surface area contributed by atoms with E-state index in [2.05, 4.69) is 15.3 Å². The Labute approximate surface area is 168 Å². The van der Waals surface area contributed by atoms with Crippen LogP contribution in [0.4, 0.5) is 4.39 Å². The summed E-state index contributed by atoms with van der Waals surface area (Å²) >= 11 is 1.42. The molecule has 7 heteroatoms. The molecule has 1 aliphatic rings. The molecule has 148 valence electrons. The number of hydrogen-bond donors (Lipinski definition) is 1. The van der Waals surface area contributed by atoms with Crippen LogP contribution in [0, 0.1) is 12.7 Å². The average molecular weight is 401 g/mol. The number of hydrogen-bond acceptors (Lipinski definition) is 4. The van der Waals surface area contributed by atoms with Crippen molar-refractivity contribution in [3.63, 3.8) is 0 Å². The zero-order valence-electron chi connectivity index (χ0n) is 16.1. The second-order valence-corrected chi connectivity index (χ2v) is 8.35. The third-order valence-corrected chi connectivity index (χ3v) is 6.33. The minimum absolute atomic E-state index is 0.0371. The number of fused-ring (bicyclic) bond motifs is 1. The lowest BCUT2D eigenvalue weighted by Gasteiger charge is -2.26. The van der Waals surface area contributed by atoms with Gasteiger partial charge in [-0.2, -0.15) is 5.10 Å². The van der Waals surface area contributed by atoms with Gasteiger partial charge in [0.05, 0.1) is 16.3 Å². The number of aryl methyl sites for hydroxylation is 1. The van der Waals surface area contributed by atoms with Crippen molar-refractivity contribution in [3.05, 3.63) is 46.7 Å². The number of benzene rings is 1. The quantitative estimate of drug-likeness (QED) is 0.633. The average Bonchev–Trinajstić information content (AvgIpc) is 3.27. The van der Waals surface area contributed by atoms with Gasteiger partial charge in [0.25, 0.3) is 5.91 Å². The molecule has 0 saturated carbocycles. The van der Waals surface area contributed by atoms with Gasteiger partial charge in [0, 0.05) is 11.9 Å². The molecule has 1 N–H and O–H groups in total. The summed E-state index contributed by atoms with van der Waals surface area (Å²) in [7, 11) is 0. The molecule has 0 radical (unpaired) electrons. The van der Waals surface area contributed by atoms with Crippen LogP contribution >= 0.6 is 11.3 Å². The maximum atomic E-state index is 13.2. The largest absolute Gasteiger partial charge is 0.351 e. The lowest BCUT2D eigenvalue weighted by molar-refractivity contribution is 0.0955. The van der Waals surface area contributed by atoms with Crippen LogP contribution < -0.4 is 5.32 Å². The molecule has 28 heavy (non-hydrogen) atoms. The highest BCUT2D eigenvalue weighted by atomic mass is 32.1. The third kappa shape index (κ3) is 4.10. The van der Waals surface area contributed by atoms with Crippen molar-refractivity contribution in [3.8, 4) is 5.69 Å². The van der Waals surface area contributed by atoms with E-state index in [-0.39, 0.29) is 11.7 Å². The van der Waals surface area contributed by atoms with Crippen molar-refractivity contribution in [1.82, 2.24) is 20.0 Å². The van der Waals surface area contributed by atoms with E-state index in [1.165, 1.54) is 55.8 Å². The Kier molecular flexibility index (Phi) is 5.73. The number of amides is 1. The molecule has 0 spiro atoms. The zero-order valence-corrected chi connectivity index (χ0v) is 16.9. The fourth-order valence-corrected chi connectivity index (χ4v) is 4.79. The van der Waals surface area contributed by atoms with Gasteiger partial charge >= 0.3 is 0 Å². The predicted molar refractivity (Wildman–Crippen MR) is 111 cm³/mol. The Hall–Kier alpha value is -2.25. The molecular weight excluding hydrogens is 375 g/mol. The summed E-state index contributed by atoms with van der Waals surface area (Å²) in [5.74, 6) is -0.315. The SMILES string of the molecule is Cc1nn(-c2ccc(F)cc2)c2sc(C(=O)NCCCN3CCCCC3)cc12. The van der Waals surface area contributed by atoms with E-state index >= 15 is 0 Å². The van der Waals surface area contributed by atoms with Crippen LogP contribution in [0.25, 0.3) is 15.9 Å². The van der Waals surface area contributed by atoms with Gasteiger partial charge in [-0.25, -0.2) is 9.07 Å². The summed E-state index contributed by atoms with van der Waals surface area (Å²) in [5.41, 5.74) is 1.65. The smallest absolute Gasteiger partial charge is 0.261 e. The van der Waals surface area contributed by atoms with E-state index in [1.807, 2.05) is 13.0 Å². The van der Waals surface area contributed by atoms with Crippen LogP contribution in [0.5, 0.6) is 0 Å². The fraction of sp³-hybridized carbons (Fsp3) is 0.429. The van der Waals surface area contributed by atoms with E-state index < -0.39 is 0 Å². The summed E-state index contributed by atoms with van der Waals surface area (Å²) in [5, 5.41) is 8.55. The maximum Gasteiger partial charge on any atom is 0.261 e. The number of nitrogens with zero attached hydrogens (tertiary/aromatic N) is 3. The first-order chi connectivity index (χ1) is 13.6. The van der Waals surface area contributed by atoms with Crippen molar-refractivity contribution in [1.29, 1.82) is 0 Å². The highest BCUT2D eigenvalue weighted by molar-refractivity contribution is 7.20. The van der Waals surface area contributed by atoms with Crippen LogP contribution in [0.3, 0.4) is 0 Å². The topological polar surface area (TPSA) is 50.2 Å². The van der Waals surface area contributed by atoms with Crippen molar-refractivity contribution in [2.24, 2.45) is 0 Å². The molecule has 3 heterocycles. The van der Waals surface area contributed by atoms with E-state index in [0.29, 0.717) is 11.4 Å². The summed E-state index contributed by atoms with van der Waals surface area (Å²) in [6, 6.07) is 8.13. The highest BCUT2D eigenvalue weighted by Gasteiger charge is 2.17. The molecule has 1 amide bonds. The number of aromatic nitrogens is 2. The molecule has 1 aromatic carbocycles. The molecule has 0 bridgehead atoms. The van der Waals surface area contributed by atoms with Crippen LogP contribution in [0.2, 0.25) is 0 Å². The van der Waals surface area contributed by atoms with Crippen molar-refractivity contribution < 1.29 is 9.18 Å². The summed E-state index contributed by atoms with van der Waals surface area (Å²) < 4.78 is 15.0. The van der Waals surface area contributed by atoms with E-state index in [1.54, 1.807) is 16.8 Å².